The third-order valence-corrected chi connectivity index (χ3v) is 2.29. The van der Waals surface area contributed by atoms with Gasteiger partial charge in [-0.05, 0) is 13.3 Å². The van der Waals surface area contributed by atoms with Crippen molar-refractivity contribution in [1.29, 1.82) is 0 Å². The number of aliphatic carboxylic acids is 1. The maximum absolute atomic E-state index is 12.6. The molecule has 0 spiro atoms. The number of hydrogen-bond donors (Lipinski definition) is 1. The smallest absolute Gasteiger partial charge is 0.432 e. The van der Waals surface area contributed by atoms with E-state index in [0.717, 1.165) is 0 Å². The average Bonchev–Trinajstić information content (AvgIpc) is 2.15. The van der Waals surface area contributed by atoms with Gasteiger partial charge in [0.2, 0.25) is 5.91 Å². The van der Waals surface area contributed by atoms with Gasteiger partial charge in [0, 0.05) is 13.0 Å². The molecule has 0 bridgehead atoms. The third-order valence-electron chi connectivity index (χ3n) is 2.29. The highest BCUT2D eigenvalue weighted by Crippen LogP contribution is 2.36. The van der Waals surface area contributed by atoms with Crippen LogP contribution >= 0.6 is 0 Å². The lowest BCUT2D eigenvalue weighted by atomic mass is 10.0. The number of alkyl halides is 3. The second kappa shape index (κ2) is 4.15. The number of carbonyl (C=O) groups is 2. The number of rotatable bonds is 2. The van der Waals surface area contributed by atoms with E-state index in [1.807, 2.05) is 0 Å². The molecular formula is C9H10F3NO3. The molecular weight excluding hydrogens is 227 g/mol. The van der Waals surface area contributed by atoms with Crippen LogP contribution in [-0.2, 0) is 9.59 Å². The first-order valence-corrected chi connectivity index (χ1v) is 4.63. The molecule has 0 unspecified atom stereocenters. The van der Waals surface area contributed by atoms with Gasteiger partial charge in [0.05, 0.1) is 5.57 Å². The van der Waals surface area contributed by atoms with Crippen molar-refractivity contribution in [2.24, 2.45) is 0 Å². The Hall–Kier alpha value is -1.53. The highest BCUT2D eigenvalue weighted by molar-refractivity contribution is 5.92. The number of hydrogen-bond acceptors (Lipinski definition) is 2. The topological polar surface area (TPSA) is 57.6 Å². The van der Waals surface area contributed by atoms with Crippen LogP contribution in [0.25, 0.3) is 0 Å². The van der Waals surface area contributed by atoms with Crippen molar-refractivity contribution in [3.63, 3.8) is 0 Å². The normalized spacial score (nSPS) is 18.0. The number of amides is 1. The summed E-state index contributed by atoms with van der Waals surface area (Å²) in [5.74, 6) is -2.32. The minimum atomic E-state index is -4.82. The number of halogens is 3. The average molecular weight is 237 g/mol. The molecule has 1 aliphatic heterocycles. The first-order chi connectivity index (χ1) is 7.29. The molecule has 7 heteroatoms. The summed E-state index contributed by atoms with van der Waals surface area (Å²) in [4.78, 5) is 22.4. The Labute approximate surface area is 89.3 Å². The second-order valence-electron chi connectivity index (χ2n) is 3.27. The highest BCUT2D eigenvalue weighted by Gasteiger charge is 2.45. The zero-order chi connectivity index (χ0) is 12.5. The molecule has 1 rings (SSSR count). The fourth-order valence-electron chi connectivity index (χ4n) is 1.64. The lowest BCUT2D eigenvalue weighted by molar-refractivity contribution is -0.147. The quantitative estimate of drug-likeness (QED) is 0.792. The van der Waals surface area contributed by atoms with Gasteiger partial charge in [-0.25, -0.2) is 4.79 Å². The summed E-state index contributed by atoms with van der Waals surface area (Å²) in [6.07, 6.45) is -5.39. The van der Waals surface area contributed by atoms with E-state index in [4.69, 9.17) is 5.11 Å². The molecule has 0 fully saturated rings. The van der Waals surface area contributed by atoms with Gasteiger partial charge in [0.25, 0.3) is 0 Å². The molecule has 4 nitrogen and oxygen atoms in total. The molecule has 0 aromatic rings. The second-order valence-corrected chi connectivity index (χ2v) is 3.27. The molecule has 1 N–H and O–H groups in total. The van der Waals surface area contributed by atoms with E-state index in [1.54, 1.807) is 0 Å². The predicted molar refractivity (Wildman–Crippen MR) is 47.3 cm³/mol. The predicted octanol–water partition coefficient (Wildman–Crippen LogP) is 1.53. The van der Waals surface area contributed by atoms with Gasteiger partial charge >= 0.3 is 12.1 Å². The van der Waals surface area contributed by atoms with E-state index >= 15 is 0 Å². The molecule has 1 aliphatic rings. The van der Waals surface area contributed by atoms with Gasteiger partial charge in [0.15, 0.2) is 0 Å². The van der Waals surface area contributed by atoms with E-state index in [-0.39, 0.29) is 19.4 Å². The van der Waals surface area contributed by atoms with E-state index in [1.165, 1.54) is 6.92 Å². The van der Waals surface area contributed by atoms with Crippen LogP contribution in [0, 0.1) is 0 Å². The van der Waals surface area contributed by atoms with Crippen molar-refractivity contribution in [2.45, 2.75) is 25.9 Å². The number of allylic oxidation sites excluding steroid dienone is 1. The first kappa shape index (κ1) is 12.5. The summed E-state index contributed by atoms with van der Waals surface area (Å²) in [6, 6.07) is 0. The standard InChI is InChI=1S/C9H10F3NO3/c1-2-13-6(14)4-3-5(8(15)16)7(13)9(10,11)12/h2-4H2,1H3,(H,15,16). The van der Waals surface area contributed by atoms with Crippen LogP contribution in [0.4, 0.5) is 13.2 Å². The number of nitrogens with zero attached hydrogens (tertiary/aromatic N) is 1. The molecule has 0 aromatic heterocycles. The van der Waals surface area contributed by atoms with Crippen molar-refractivity contribution >= 4 is 11.9 Å². The molecule has 1 heterocycles. The van der Waals surface area contributed by atoms with Crippen molar-refractivity contribution in [3.05, 3.63) is 11.3 Å². The molecule has 1 amide bonds. The summed E-state index contributed by atoms with van der Waals surface area (Å²) in [7, 11) is 0. The van der Waals surface area contributed by atoms with Crippen LogP contribution in [0.2, 0.25) is 0 Å². The molecule has 90 valence electrons. The lowest BCUT2D eigenvalue weighted by Crippen LogP contribution is -2.41. The minimum Gasteiger partial charge on any atom is -0.478 e. The van der Waals surface area contributed by atoms with Gasteiger partial charge in [-0.15, -0.1) is 0 Å². The molecule has 0 aliphatic carbocycles. The Morgan fingerprint density at radius 3 is 2.38 bits per heavy atom. The van der Waals surface area contributed by atoms with Gasteiger partial charge in [-0.1, -0.05) is 0 Å². The summed E-state index contributed by atoms with van der Waals surface area (Å²) in [6.45, 7) is 1.18. The molecule has 0 aromatic carbocycles. The maximum atomic E-state index is 12.6. The zero-order valence-electron chi connectivity index (χ0n) is 8.47. The summed E-state index contributed by atoms with van der Waals surface area (Å²) >= 11 is 0. The van der Waals surface area contributed by atoms with Crippen LogP contribution in [-0.4, -0.2) is 34.6 Å². The van der Waals surface area contributed by atoms with Crippen LogP contribution in [0.1, 0.15) is 19.8 Å². The van der Waals surface area contributed by atoms with Gasteiger partial charge in [-0.2, -0.15) is 13.2 Å². The summed E-state index contributed by atoms with van der Waals surface area (Å²) in [5.41, 5.74) is -2.08. The molecule has 0 atom stereocenters. The molecule has 0 radical (unpaired) electrons. The summed E-state index contributed by atoms with van der Waals surface area (Å²) in [5, 5.41) is 8.68. The fraction of sp³-hybridized carbons (Fsp3) is 0.556. The SMILES string of the molecule is CCN1C(=O)CCC(C(=O)O)=C1C(F)(F)F. The van der Waals surface area contributed by atoms with E-state index < -0.39 is 29.3 Å². The first-order valence-electron chi connectivity index (χ1n) is 4.63. The fourth-order valence-corrected chi connectivity index (χ4v) is 1.64. The van der Waals surface area contributed by atoms with Gasteiger partial charge in [0.1, 0.15) is 5.70 Å². The van der Waals surface area contributed by atoms with Gasteiger partial charge < -0.3 is 10.0 Å². The largest absolute Gasteiger partial charge is 0.478 e. The molecule has 0 saturated heterocycles. The Morgan fingerprint density at radius 1 is 1.44 bits per heavy atom. The van der Waals surface area contributed by atoms with Crippen molar-refractivity contribution < 1.29 is 27.9 Å². The molecule has 0 saturated carbocycles. The zero-order valence-corrected chi connectivity index (χ0v) is 8.47. The highest BCUT2D eigenvalue weighted by atomic mass is 19.4. The monoisotopic (exact) mass is 237 g/mol. The van der Waals surface area contributed by atoms with E-state index in [0.29, 0.717) is 4.90 Å². The van der Waals surface area contributed by atoms with Crippen LogP contribution in [0.15, 0.2) is 11.3 Å². The number of carboxylic acid groups (broad SMARTS) is 1. The van der Waals surface area contributed by atoms with Crippen molar-refractivity contribution in [2.75, 3.05) is 6.54 Å². The van der Waals surface area contributed by atoms with E-state index in [9.17, 15) is 22.8 Å². The van der Waals surface area contributed by atoms with Crippen molar-refractivity contribution in [3.8, 4) is 0 Å². The Bertz CT molecular complexity index is 360. The van der Waals surface area contributed by atoms with Crippen LogP contribution < -0.4 is 0 Å². The maximum Gasteiger partial charge on any atom is 0.432 e. The van der Waals surface area contributed by atoms with Crippen molar-refractivity contribution in [1.82, 2.24) is 4.90 Å². The lowest BCUT2D eigenvalue weighted by Gasteiger charge is -2.30. The Balaban J connectivity index is 3.33. The Morgan fingerprint density at radius 2 is 2.00 bits per heavy atom. The molecule has 16 heavy (non-hydrogen) atoms. The summed E-state index contributed by atoms with van der Waals surface area (Å²) < 4.78 is 37.9. The van der Waals surface area contributed by atoms with Crippen LogP contribution in [0.3, 0.4) is 0 Å². The number of carbonyl (C=O) groups excluding carboxylic acids is 1. The third kappa shape index (κ3) is 2.17. The Kier molecular flexibility index (Phi) is 3.25. The van der Waals surface area contributed by atoms with Crippen LogP contribution in [0.5, 0.6) is 0 Å². The van der Waals surface area contributed by atoms with Gasteiger partial charge in [-0.3, -0.25) is 4.79 Å². The number of carboxylic acids is 1. The van der Waals surface area contributed by atoms with E-state index in [2.05, 4.69) is 0 Å². The minimum absolute atomic E-state index is 0.190.